The third-order valence-electron chi connectivity index (χ3n) is 4.74. The number of anilines is 2. The van der Waals surface area contributed by atoms with Gasteiger partial charge in [0.1, 0.15) is 12.6 Å². The number of carbonyl (C=O) groups is 3. The van der Waals surface area contributed by atoms with Gasteiger partial charge < -0.3 is 20.7 Å². The lowest BCUT2D eigenvalue weighted by molar-refractivity contribution is -0.122. The third kappa shape index (κ3) is 5.57. The largest absolute Gasteiger partial charge is 0.385 e. The molecule has 1 heterocycles. The molecule has 0 fully saturated rings. The smallest absolute Gasteiger partial charge is 0.323 e. The Morgan fingerprint density at radius 3 is 2.63 bits per heavy atom. The lowest BCUT2D eigenvalue weighted by atomic mass is 10.1. The summed E-state index contributed by atoms with van der Waals surface area (Å²) in [6.07, 6.45) is 1.01. The molecule has 1 aliphatic heterocycles. The minimum atomic E-state index is -0.778. The third-order valence-corrected chi connectivity index (χ3v) is 4.74. The summed E-state index contributed by atoms with van der Waals surface area (Å²) in [6.45, 7) is 0.870. The van der Waals surface area contributed by atoms with Crippen LogP contribution in [-0.2, 0) is 20.7 Å². The number of ether oxygens (including phenoxy) is 1. The number of hydrogen-bond acceptors (Lipinski definition) is 4. The predicted molar refractivity (Wildman–Crippen MR) is 114 cm³/mol. The topological polar surface area (TPSA) is 99.8 Å². The van der Waals surface area contributed by atoms with Gasteiger partial charge in [0, 0.05) is 26.7 Å². The molecule has 0 bridgehead atoms. The van der Waals surface area contributed by atoms with Crippen molar-refractivity contribution >= 4 is 29.2 Å². The average Bonchev–Trinajstić information content (AvgIpc) is 2.76. The molecule has 0 aliphatic carbocycles. The Morgan fingerprint density at radius 2 is 1.87 bits per heavy atom. The molecule has 0 aromatic heterocycles. The highest BCUT2D eigenvalue weighted by molar-refractivity contribution is 6.10. The van der Waals surface area contributed by atoms with E-state index in [0.29, 0.717) is 37.4 Å². The van der Waals surface area contributed by atoms with E-state index < -0.39 is 12.1 Å². The van der Waals surface area contributed by atoms with Crippen molar-refractivity contribution in [2.45, 2.75) is 18.9 Å². The monoisotopic (exact) mass is 410 g/mol. The second kappa shape index (κ2) is 10.4. The highest BCUT2D eigenvalue weighted by atomic mass is 16.5. The number of fused-ring (bicyclic) bond motifs is 1. The van der Waals surface area contributed by atoms with E-state index >= 15 is 0 Å². The summed E-state index contributed by atoms with van der Waals surface area (Å²) in [5, 5.41) is 8.39. The van der Waals surface area contributed by atoms with Gasteiger partial charge in [-0.3, -0.25) is 14.5 Å². The molecule has 158 valence electrons. The number of methoxy groups -OCH3 is 1. The number of amides is 4. The maximum Gasteiger partial charge on any atom is 0.323 e. The molecule has 3 rings (SSSR count). The van der Waals surface area contributed by atoms with Crippen LogP contribution >= 0.6 is 0 Å². The number of carbonyl (C=O) groups excluding carboxylic acids is 3. The van der Waals surface area contributed by atoms with E-state index in [0.717, 1.165) is 5.56 Å². The van der Waals surface area contributed by atoms with E-state index in [2.05, 4.69) is 16.0 Å². The minimum Gasteiger partial charge on any atom is -0.385 e. The number of para-hydroxylation sites is 2. The molecule has 0 saturated carbocycles. The highest BCUT2D eigenvalue weighted by Gasteiger charge is 2.29. The van der Waals surface area contributed by atoms with E-state index in [1.165, 1.54) is 4.90 Å². The summed E-state index contributed by atoms with van der Waals surface area (Å²) in [7, 11) is 1.60. The van der Waals surface area contributed by atoms with Gasteiger partial charge in [0.05, 0.1) is 11.4 Å². The maximum atomic E-state index is 13.0. The van der Waals surface area contributed by atoms with Crippen LogP contribution < -0.4 is 20.9 Å². The molecule has 8 nitrogen and oxygen atoms in total. The zero-order valence-corrected chi connectivity index (χ0v) is 16.9. The minimum absolute atomic E-state index is 0.115. The molecular weight excluding hydrogens is 384 g/mol. The van der Waals surface area contributed by atoms with Crippen molar-refractivity contribution in [1.29, 1.82) is 0 Å². The predicted octanol–water partition coefficient (Wildman–Crippen LogP) is 1.92. The fraction of sp³-hybridized carbons (Fsp3) is 0.318. The maximum absolute atomic E-state index is 13.0. The van der Waals surface area contributed by atoms with Crippen molar-refractivity contribution in [3.05, 3.63) is 60.2 Å². The Labute approximate surface area is 175 Å². The van der Waals surface area contributed by atoms with Crippen LogP contribution in [0.15, 0.2) is 54.6 Å². The van der Waals surface area contributed by atoms with Gasteiger partial charge in [-0.25, -0.2) is 4.79 Å². The molecule has 30 heavy (non-hydrogen) atoms. The van der Waals surface area contributed by atoms with Crippen molar-refractivity contribution in [3.63, 3.8) is 0 Å². The summed E-state index contributed by atoms with van der Waals surface area (Å²) < 4.78 is 5.00. The van der Waals surface area contributed by atoms with Gasteiger partial charge in [0.25, 0.3) is 0 Å². The van der Waals surface area contributed by atoms with Crippen molar-refractivity contribution in [1.82, 2.24) is 10.6 Å². The van der Waals surface area contributed by atoms with E-state index in [1.54, 1.807) is 31.4 Å². The van der Waals surface area contributed by atoms with Crippen LogP contribution in [0.4, 0.5) is 16.2 Å². The number of benzene rings is 2. The summed E-state index contributed by atoms with van der Waals surface area (Å²) in [6, 6.07) is 15.3. The Hall–Kier alpha value is -3.39. The van der Waals surface area contributed by atoms with E-state index in [1.807, 2.05) is 30.3 Å². The van der Waals surface area contributed by atoms with Crippen molar-refractivity contribution in [2.24, 2.45) is 0 Å². The highest BCUT2D eigenvalue weighted by Crippen LogP contribution is 2.28. The van der Waals surface area contributed by atoms with Crippen LogP contribution in [0.5, 0.6) is 0 Å². The molecule has 0 radical (unpaired) electrons. The van der Waals surface area contributed by atoms with Gasteiger partial charge in [0.15, 0.2) is 0 Å². The number of rotatable bonds is 8. The fourth-order valence-corrected chi connectivity index (χ4v) is 3.25. The Bertz CT molecular complexity index is 888. The molecule has 0 spiro atoms. The molecule has 8 heteroatoms. The molecule has 2 aromatic rings. The molecule has 3 N–H and O–H groups in total. The number of hydrogen-bond donors (Lipinski definition) is 3. The van der Waals surface area contributed by atoms with Gasteiger partial charge >= 0.3 is 6.03 Å². The number of nitrogens with one attached hydrogen (secondary N) is 3. The average molecular weight is 410 g/mol. The van der Waals surface area contributed by atoms with Crippen LogP contribution in [0.1, 0.15) is 12.0 Å². The first kappa shape index (κ1) is 21.3. The normalized spacial score (nSPS) is 13.8. The molecule has 0 saturated heterocycles. The van der Waals surface area contributed by atoms with Crippen LogP contribution in [0.25, 0.3) is 0 Å². The van der Waals surface area contributed by atoms with Gasteiger partial charge in [-0.1, -0.05) is 42.5 Å². The van der Waals surface area contributed by atoms with Gasteiger partial charge in [-0.05, 0) is 24.1 Å². The zero-order valence-electron chi connectivity index (χ0n) is 16.9. The molecule has 4 amide bonds. The van der Waals surface area contributed by atoms with Crippen LogP contribution in [0.2, 0.25) is 0 Å². The molecule has 2 aromatic carbocycles. The Kier molecular flexibility index (Phi) is 7.40. The molecule has 1 atom stereocenters. The lowest BCUT2D eigenvalue weighted by Crippen LogP contribution is -2.54. The zero-order chi connectivity index (χ0) is 21.3. The van der Waals surface area contributed by atoms with E-state index in [-0.39, 0.29) is 18.4 Å². The van der Waals surface area contributed by atoms with Crippen LogP contribution in [-0.4, -0.2) is 50.7 Å². The molecular formula is C22H26N4O4. The molecule has 0 unspecified atom stereocenters. The first-order chi connectivity index (χ1) is 14.6. The van der Waals surface area contributed by atoms with E-state index in [9.17, 15) is 14.4 Å². The van der Waals surface area contributed by atoms with Crippen LogP contribution in [0, 0.1) is 0 Å². The van der Waals surface area contributed by atoms with Crippen molar-refractivity contribution < 1.29 is 19.1 Å². The van der Waals surface area contributed by atoms with Gasteiger partial charge in [-0.2, -0.15) is 0 Å². The van der Waals surface area contributed by atoms with Gasteiger partial charge in [0.2, 0.25) is 11.8 Å². The Morgan fingerprint density at radius 1 is 1.13 bits per heavy atom. The first-order valence-corrected chi connectivity index (χ1v) is 9.86. The number of nitrogens with zero attached hydrogens (tertiary/aromatic N) is 1. The first-order valence-electron chi connectivity index (χ1n) is 9.86. The SMILES string of the molecule is COCCCNC(=O)[C@H](Cc1ccccc1)NC(=O)N1CC(=O)Nc2ccccc21. The second-order valence-electron chi connectivity index (χ2n) is 6.98. The lowest BCUT2D eigenvalue weighted by Gasteiger charge is -2.30. The fourth-order valence-electron chi connectivity index (χ4n) is 3.25. The summed E-state index contributed by atoms with van der Waals surface area (Å²) in [5.74, 6) is -0.564. The summed E-state index contributed by atoms with van der Waals surface area (Å²) in [4.78, 5) is 39.2. The van der Waals surface area contributed by atoms with Gasteiger partial charge in [-0.15, -0.1) is 0 Å². The Balaban J connectivity index is 1.74. The van der Waals surface area contributed by atoms with Crippen LogP contribution in [0.3, 0.4) is 0 Å². The van der Waals surface area contributed by atoms with Crippen molar-refractivity contribution in [2.75, 3.05) is 37.0 Å². The van der Waals surface area contributed by atoms with Crippen molar-refractivity contribution in [3.8, 4) is 0 Å². The number of urea groups is 1. The standard InChI is InChI=1S/C22H26N4O4/c1-30-13-7-12-23-21(28)18(14-16-8-3-2-4-9-16)25-22(29)26-15-20(27)24-17-10-5-6-11-19(17)26/h2-6,8-11,18H,7,12-15H2,1H3,(H,23,28)(H,24,27)(H,25,29)/t18-/m0/s1. The summed E-state index contributed by atoms with van der Waals surface area (Å²) >= 11 is 0. The quantitative estimate of drug-likeness (QED) is 0.579. The summed E-state index contributed by atoms with van der Waals surface area (Å²) in [5.41, 5.74) is 2.08. The molecule has 1 aliphatic rings. The second-order valence-corrected chi connectivity index (χ2v) is 6.98. The van der Waals surface area contributed by atoms with E-state index in [4.69, 9.17) is 4.74 Å².